The summed E-state index contributed by atoms with van der Waals surface area (Å²) in [6, 6.07) is 9.52. The number of rotatable bonds is 7. The Bertz CT molecular complexity index is 911. The molecule has 0 spiro atoms. The van der Waals surface area contributed by atoms with Crippen LogP contribution < -0.4 is 4.90 Å². The first-order valence-corrected chi connectivity index (χ1v) is 9.48. The zero-order chi connectivity index (χ0) is 21.1. The molecule has 2 unspecified atom stereocenters. The molecule has 1 N–H and O–H groups in total. The van der Waals surface area contributed by atoms with Gasteiger partial charge >= 0.3 is 0 Å². The molecular weight excluding hydrogens is 378 g/mol. The predicted octanol–water partition coefficient (Wildman–Crippen LogP) is 1.45. The Morgan fingerprint density at radius 3 is 2.07 bits per heavy atom. The maximum absolute atomic E-state index is 13.4. The highest BCUT2D eigenvalue weighted by Gasteiger charge is 2.51. The molecule has 152 valence electrons. The maximum Gasteiger partial charge on any atom is 0.291 e. The van der Waals surface area contributed by atoms with Gasteiger partial charge in [-0.05, 0) is 42.0 Å². The number of hydrogen-bond donors (Lipinski definition) is 1. The molecule has 1 aliphatic heterocycles. The van der Waals surface area contributed by atoms with Crippen LogP contribution in [-0.2, 0) is 9.59 Å². The quantitative estimate of drug-likeness (QED) is 0.434. The number of carbonyl (C=O) groups excluding carboxylic acids is 3. The second-order valence-corrected chi connectivity index (χ2v) is 7.52. The first kappa shape index (κ1) is 20.8. The molecule has 1 aliphatic rings. The van der Waals surface area contributed by atoms with Crippen molar-refractivity contribution in [2.24, 2.45) is 5.92 Å². The Morgan fingerprint density at radius 1 is 0.966 bits per heavy atom. The van der Waals surface area contributed by atoms with Gasteiger partial charge in [-0.2, -0.15) is 0 Å². The van der Waals surface area contributed by atoms with Gasteiger partial charge in [0.05, 0.1) is 26.7 Å². The van der Waals surface area contributed by atoms with E-state index in [0.29, 0.717) is 18.5 Å². The molecule has 1 heterocycles. The SMILES string of the molecule is C[NH+](C)CCCN1C(=O)C(=O)C(C(=O)c2ccc(F)cc2)C1c1ccc(F)cc1. The first-order valence-electron chi connectivity index (χ1n) is 9.48. The van der Waals surface area contributed by atoms with E-state index in [4.69, 9.17) is 0 Å². The fourth-order valence-electron chi connectivity index (χ4n) is 3.66. The molecule has 5 nitrogen and oxygen atoms in total. The summed E-state index contributed by atoms with van der Waals surface area (Å²) in [5, 5.41) is 0. The third-order valence-electron chi connectivity index (χ3n) is 5.10. The molecule has 1 saturated heterocycles. The molecule has 0 saturated carbocycles. The number of benzene rings is 2. The summed E-state index contributed by atoms with van der Waals surface area (Å²) in [6.45, 7) is 1.09. The number of nitrogens with one attached hydrogen (secondary N) is 1. The van der Waals surface area contributed by atoms with E-state index in [1.165, 1.54) is 46.2 Å². The van der Waals surface area contributed by atoms with Crippen LogP contribution in [0.2, 0.25) is 0 Å². The summed E-state index contributed by atoms with van der Waals surface area (Å²) >= 11 is 0. The lowest BCUT2D eigenvalue weighted by Gasteiger charge is -2.27. The summed E-state index contributed by atoms with van der Waals surface area (Å²) < 4.78 is 26.7. The van der Waals surface area contributed by atoms with Crippen molar-refractivity contribution in [2.45, 2.75) is 12.5 Å². The minimum atomic E-state index is -1.25. The van der Waals surface area contributed by atoms with Crippen LogP contribution in [0.3, 0.4) is 0 Å². The molecule has 29 heavy (non-hydrogen) atoms. The molecule has 0 aromatic heterocycles. The second-order valence-electron chi connectivity index (χ2n) is 7.52. The monoisotopic (exact) mass is 401 g/mol. The zero-order valence-corrected chi connectivity index (χ0v) is 16.3. The van der Waals surface area contributed by atoms with Crippen LogP contribution in [0.25, 0.3) is 0 Å². The average molecular weight is 401 g/mol. The van der Waals surface area contributed by atoms with Gasteiger partial charge < -0.3 is 9.80 Å². The van der Waals surface area contributed by atoms with E-state index >= 15 is 0 Å². The lowest BCUT2D eigenvalue weighted by Crippen LogP contribution is -3.05. The predicted molar refractivity (Wildman–Crippen MR) is 102 cm³/mol. The molecule has 0 bridgehead atoms. The Morgan fingerprint density at radius 2 is 1.52 bits per heavy atom. The van der Waals surface area contributed by atoms with Crippen LogP contribution in [0.15, 0.2) is 48.5 Å². The normalized spacial score (nSPS) is 19.3. The number of amides is 1. The number of halogens is 2. The van der Waals surface area contributed by atoms with E-state index in [-0.39, 0.29) is 5.56 Å². The highest BCUT2D eigenvalue weighted by molar-refractivity contribution is 6.44. The molecule has 2 aromatic carbocycles. The van der Waals surface area contributed by atoms with E-state index in [0.717, 1.165) is 18.7 Å². The average Bonchev–Trinajstić information content (AvgIpc) is 2.93. The van der Waals surface area contributed by atoms with E-state index in [9.17, 15) is 23.2 Å². The molecule has 0 aliphatic carbocycles. The summed E-state index contributed by atoms with van der Waals surface area (Å²) in [5.74, 6) is -4.24. The summed E-state index contributed by atoms with van der Waals surface area (Å²) in [6.07, 6.45) is 0.649. The number of ketones is 2. The minimum absolute atomic E-state index is 0.157. The molecule has 0 radical (unpaired) electrons. The van der Waals surface area contributed by atoms with Gasteiger partial charge in [-0.25, -0.2) is 8.78 Å². The van der Waals surface area contributed by atoms with Crippen molar-refractivity contribution in [2.75, 3.05) is 27.2 Å². The topological polar surface area (TPSA) is 58.9 Å². The van der Waals surface area contributed by atoms with Crippen LogP contribution in [0, 0.1) is 17.6 Å². The van der Waals surface area contributed by atoms with E-state index in [2.05, 4.69) is 0 Å². The summed E-state index contributed by atoms with van der Waals surface area (Å²) in [7, 11) is 3.96. The van der Waals surface area contributed by atoms with E-state index in [1.54, 1.807) is 0 Å². The number of likely N-dealkylation sites (tertiary alicyclic amines) is 1. The lowest BCUT2D eigenvalue weighted by atomic mass is 9.86. The van der Waals surface area contributed by atoms with Crippen LogP contribution in [-0.4, -0.2) is 49.6 Å². The highest BCUT2D eigenvalue weighted by Crippen LogP contribution is 2.38. The third-order valence-corrected chi connectivity index (χ3v) is 5.10. The van der Waals surface area contributed by atoms with Gasteiger partial charge in [0.15, 0.2) is 5.78 Å². The lowest BCUT2D eigenvalue weighted by molar-refractivity contribution is -0.858. The van der Waals surface area contributed by atoms with Gasteiger partial charge in [-0.3, -0.25) is 14.4 Å². The van der Waals surface area contributed by atoms with Gasteiger partial charge in [0, 0.05) is 18.5 Å². The van der Waals surface area contributed by atoms with E-state index in [1.807, 2.05) is 14.1 Å². The number of carbonyl (C=O) groups is 3. The molecule has 2 atom stereocenters. The number of nitrogens with zero attached hydrogens (tertiary/aromatic N) is 1. The van der Waals surface area contributed by atoms with Crippen molar-refractivity contribution in [3.63, 3.8) is 0 Å². The van der Waals surface area contributed by atoms with E-state index < -0.39 is 41.1 Å². The third kappa shape index (κ3) is 4.40. The highest BCUT2D eigenvalue weighted by atomic mass is 19.1. The smallest absolute Gasteiger partial charge is 0.291 e. The molecule has 1 fully saturated rings. The Balaban J connectivity index is 1.98. The minimum Gasteiger partial charge on any atom is -0.340 e. The Labute approximate surface area is 167 Å². The molecular formula is C22H23F2N2O3+. The molecule has 3 rings (SSSR count). The number of hydrogen-bond acceptors (Lipinski definition) is 3. The van der Waals surface area contributed by atoms with Crippen molar-refractivity contribution in [3.8, 4) is 0 Å². The van der Waals surface area contributed by atoms with Crippen molar-refractivity contribution >= 4 is 17.5 Å². The van der Waals surface area contributed by atoms with Crippen LogP contribution in [0.1, 0.15) is 28.4 Å². The molecule has 1 amide bonds. The van der Waals surface area contributed by atoms with Crippen molar-refractivity contribution in [1.29, 1.82) is 0 Å². The van der Waals surface area contributed by atoms with Crippen molar-refractivity contribution < 1.29 is 28.1 Å². The van der Waals surface area contributed by atoms with Gasteiger partial charge in [-0.1, -0.05) is 12.1 Å². The second kappa shape index (κ2) is 8.61. The van der Waals surface area contributed by atoms with Gasteiger partial charge in [0.1, 0.15) is 17.6 Å². The number of Topliss-reactive ketones (excluding diaryl/α,β-unsaturated/α-hetero) is 2. The first-order chi connectivity index (χ1) is 13.8. The van der Waals surface area contributed by atoms with Crippen LogP contribution in [0.5, 0.6) is 0 Å². The van der Waals surface area contributed by atoms with Crippen molar-refractivity contribution in [3.05, 3.63) is 71.3 Å². The van der Waals surface area contributed by atoms with Crippen LogP contribution >= 0.6 is 0 Å². The fourth-order valence-corrected chi connectivity index (χ4v) is 3.66. The number of quaternary nitrogens is 1. The largest absolute Gasteiger partial charge is 0.340 e. The maximum atomic E-state index is 13.4. The fraction of sp³-hybridized carbons (Fsp3) is 0.318. The summed E-state index contributed by atoms with van der Waals surface area (Å²) in [4.78, 5) is 41.2. The van der Waals surface area contributed by atoms with Crippen molar-refractivity contribution in [1.82, 2.24) is 4.90 Å². The Kier molecular flexibility index (Phi) is 6.17. The van der Waals surface area contributed by atoms with Gasteiger partial charge in [0.25, 0.3) is 5.91 Å². The Hall–Kier alpha value is -2.93. The zero-order valence-electron chi connectivity index (χ0n) is 16.3. The molecule has 7 heteroatoms. The standard InChI is InChI=1S/C22H22F2N2O3/c1-25(2)12-3-13-26-19(14-4-8-16(23)9-5-14)18(21(28)22(26)29)20(27)15-6-10-17(24)11-7-15/h4-11,18-19H,3,12-13H2,1-2H3/p+1. The van der Waals surface area contributed by atoms with Gasteiger partial charge in [-0.15, -0.1) is 0 Å². The van der Waals surface area contributed by atoms with Gasteiger partial charge in [0.2, 0.25) is 5.78 Å². The summed E-state index contributed by atoms with van der Waals surface area (Å²) in [5.41, 5.74) is 0.674. The molecule has 2 aromatic rings. The van der Waals surface area contributed by atoms with Crippen LogP contribution in [0.4, 0.5) is 8.78 Å².